The van der Waals surface area contributed by atoms with Crippen LogP contribution in [-0.2, 0) is 0 Å². The molecule has 0 aliphatic rings. The van der Waals surface area contributed by atoms with Crippen molar-refractivity contribution in [2.75, 3.05) is 0 Å². The minimum Gasteiger partial charge on any atom is -0.412 e. The second-order valence-corrected chi connectivity index (χ2v) is 4.30. The lowest BCUT2D eigenvalue weighted by molar-refractivity contribution is 0.823. The van der Waals surface area contributed by atoms with Crippen LogP contribution in [0, 0.1) is 0 Å². The molecule has 3 aromatic rings. The molecule has 0 aliphatic carbocycles. The fourth-order valence-electron chi connectivity index (χ4n) is 2.26. The van der Waals surface area contributed by atoms with E-state index in [-0.39, 0.29) is 11.0 Å². The molecule has 0 atom stereocenters. The van der Waals surface area contributed by atoms with E-state index in [4.69, 9.17) is 0 Å². The second-order valence-electron chi connectivity index (χ2n) is 4.30. The zero-order valence-corrected chi connectivity index (χ0v) is 10.6. The van der Waals surface area contributed by atoms with Crippen molar-refractivity contribution < 1.29 is 11.0 Å². The Kier molecular flexibility index (Phi) is 5.30. The molecule has 0 saturated carbocycles. The van der Waals surface area contributed by atoms with E-state index >= 15 is 0 Å². The van der Waals surface area contributed by atoms with Crippen molar-refractivity contribution in [3.63, 3.8) is 0 Å². The molecule has 0 aromatic heterocycles. The third-order valence-electron chi connectivity index (χ3n) is 3.12. The van der Waals surface area contributed by atoms with Gasteiger partial charge in [0.1, 0.15) is 0 Å². The zero-order chi connectivity index (χ0) is 11.5. The maximum absolute atomic E-state index is 2.22. The van der Waals surface area contributed by atoms with Crippen LogP contribution in [-0.4, -0.2) is 18.2 Å². The molecule has 3 aromatic carbocycles. The van der Waals surface area contributed by atoms with Gasteiger partial charge >= 0.3 is 0 Å². The largest absolute Gasteiger partial charge is 0.412 e. The molecule has 0 radical (unpaired) electrons. The summed E-state index contributed by atoms with van der Waals surface area (Å²) in [5, 5.41) is 2.68. The first kappa shape index (κ1) is 15.0. The van der Waals surface area contributed by atoms with Gasteiger partial charge in [-0.1, -0.05) is 83.7 Å². The van der Waals surface area contributed by atoms with E-state index in [1.807, 2.05) is 0 Å². The average Bonchev–Trinajstić information content (AvgIpc) is 2.40. The Morgan fingerprint density at radius 1 is 0.579 bits per heavy atom. The number of rotatable bonds is 2. The average molecular weight is 252 g/mol. The van der Waals surface area contributed by atoms with Gasteiger partial charge in [-0.3, -0.25) is 0 Å². The van der Waals surface area contributed by atoms with Crippen molar-refractivity contribution in [3.8, 4) is 0 Å². The standard InChI is InChI=1S/C16H13B.2H2O/c1-2-9-14(10-3-1)17-16-12-6-8-13-7-4-5-11-15(13)16;;/h1-12,17H;2*1H2. The van der Waals surface area contributed by atoms with E-state index in [2.05, 4.69) is 72.8 Å². The van der Waals surface area contributed by atoms with Crippen LogP contribution in [0.1, 0.15) is 0 Å². The van der Waals surface area contributed by atoms with Crippen LogP contribution in [0.15, 0.2) is 72.8 Å². The molecule has 0 fully saturated rings. The van der Waals surface area contributed by atoms with Crippen molar-refractivity contribution >= 4 is 29.0 Å². The SMILES string of the molecule is B(c1ccccc1)c1cccc2ccccc12.O.O. The Labute approximate surface area is 113 Å². The van der Waals surface area contributed by atoms with Crippen molar-refractivity contribution in [3.05, 3.63) is 72.8 Å². The molecule has 19 heavy (non-hydrogen) atoms. The van der Waals surface area contributed by atoms with E-state index in [9.17, 15) is 0 Å². The van der Waals surface area contributed by atoms with Gasteiger partial charge in [0.05, 0.1) is 0 Å². The smallest absolute Gasteiger partial charge is 0.193 e. The predicted molar refractivity (Wildman–Crippen MR) is 84.0 cm³/mol. The maximum atomic E-state index is 2.22. The van der Waals surface area contributed by atoms with E-state index in [1.165, 1.54) is 21.7 Å². The van der Waals surface area contributed by atoms with Crippen molar-refractivity contribution in [1.29, 1.82) is 0 Å². The fourth-order valence-corrected chi connectivity index (χ4v) is 2.26. The van der Waals surface area contributed by atoms with Crippen LogP contribution >= 0.6 is 0 Å². The quantitative estimate of drug-likeness (QED) is 0.599. The molecule has 2 nitrogen and oxygen atoms in total. The Morgan fingerprint density at radius 2 is 1.21 bits per heavy atom. The van der Waals surface area contributed by atoms with E-state index in [0.717, 1.165) is 7.28 Å². The third-order valence-corrected chi connectivity index (χ3v) is 3.12. The summed E-state index contributed by atoms with van der Waals surface area (Å²) < 4.78 is 0. The lowest BCUT2D eigenvalue weighted by atomic mass is 9.63. The summed E-state index contributed by atoms with van der Waals surface area (Å²) in [5.74, 6) is 0. The topological polar surface area (TPSA) is 63.0 Å². The van der Waals surface area contributed by atoms with Crippen LogP contribution in [0.4, 0.5) is 0 Å². The summed E-state index contributed by atoms with van der Waals surface area (Å²) in [7, 11) is 1.00. The summed E-state index contributed by atoms with van der Waals surface area (Å²) >= 11 is 0. The minimum absolute atomic E-state index is 0. The van der Waals surface area contributed by atoms with E-state index < -0.39 is 0 Å². The maximum Gasteiger partial charge on any atom is 0.193 e. The highest BCUT2D eigenvalue weighted by Crippen LogP contribution is 2.09. The zero-order valence-electron chi connectivity index (χ0n) is 10.6. The number of fused-ring (bicyclic) bond motifs is 1. The highest BCUT2D eigenvalue weighted by Gasteiger charge is 2.02. The van der Waals surface area contributed by atoms with Crippen molar-refractivity contribution in [1.82, 2.24) is 0 Å². The number of hydrogen-bond donors (Lipinski definition) is 0. The molecular formula is C16H17BO2. The summed E-state index contributed by atoms with van der Waals surface area (Å²) in [4.78, 5) is 0. The van der Waals surface area contributed by atoms with Gasteiger partial charge in [0.2, 0.25) is 0 Å². The van der Waals surface area contributed by atoms with Gasteiger partial charge in [0, 0.05) is 0 Å². The van der Waals surface area contributed by atoms with Crippen molar-refractivity contribution in [2.45, 2.75) is 0 Å². The monoisotopic (exact) mass is 252 g/mol. The lowest BCUT2D eigenvalue weighted by Gasteiger charge is -2.05. The molecule has 0 spiro atoms. The van der Waals surface area contributed by atoms with Gasteiger partial charge in [-0.2, -0.15) is 0 Å². The highest BCUT2D eigenvalue weighted by atomic mass is 16.0. The Bertz CT molecular complexity index is 633. The van der Waals surface area contributed by atoms with Gasteiger partial charge in [-0.05, 0) is 10.8 Å². The molecule has 0 unspecified atom stereocenters. The van der Waals surface area contributed by atoms with Crippen LogP contribution in [0.3, 0.4) is 0 Å². The van der Waals surface area contributed by atoms with Crippen molar-refractivity contribution in [2.24, 2.45) is 0 Å². The first-order valence-electron chi connectivity index (χ1n) is 5.94. The summed E-state index contributed by atoms with van der Waals surface area (Å²) in [6, 6.07) is 25.7. The van der Waals surface area contributed by atoms with Gasteiger partial charge in [-0.25, -0.2) is 0 Å². The molecule has 4 N–H and O–H groups in total. The minimum atomic E-state index is 0. The molecule has 3 rings (SSSR count). The Hall–Kier alpha value is -2.10. The second kappa shape index (κ2) is 6.73. The van der Waals surface area contributed by atoms with Crippen LogP contribution < -0.4 is 10.9 Å². The first-order chi connectivity index (χ1) is 8.43. The van der Waals surface area contributed by atoms with E-state index in [0.29, 0.717) is 0 Å². The molecule has 0 heterocycles. The normalized spacial score (nSPS) is 9.26. The van der Waals surface area contributed by atoms with Crippen LogP contribution in [0.25, 0.3) is 10.8 Å². The Morgan fingerprint density at radius 3 is 2.00 bits per heavy atom. The van der Waals surface area contributed by atoms with E-state index in [1.54, 1.807) is 0 Å². The van der Waals surface area contributed by atoms with Crippen LogP contribution in [0.5, 0.6) is 0 Å². The molecule has 3 heteroatoms. The number of benzene rings is 3. The molecule has 0 saturated heterocycles. The third kappa shape index (κ3) is 3.22. The van der Waals surface area contributed by atoms with Crippen LogP contribution in [0.2, 0.25) is 0 Å². The molecule has 0 aliphatic heterocycles. The highest BCUT2D eigenvalue weighted by molar-refractivity contribution is 6.69. The fraction of sp³-hybridized carbons (Fsp3) is 0. The number of hydrogen-bond acceptors (Lipinski definition) is 0. The molecule has 0 amide bonds. The lowest BCUT2D eigenvalue weighted by Crippen LogP contribution is -2.27. The summed E-state index contributed by atoms with van der Waals surface area (Å²) in [5.41, 5.74) is 2.76. The summed E-state index contributed by atoms with van der Waals surface area (Å²) in [6.45, 7) is 0. The molecule has 96 valence electrons. The molecule has 0 bridgehead atoms. The van der Waals surface area contributed by atoms with Gasteiger partial charge in [0.25, 0.3) is 0 Å². The Balaban J connectivity index is 0.000000902. The summed E-state index contributed by atoms with van der Waals surface area (Å²) in [6.07, 6.45) is 0. The molecular weight excluding hydrogens is 235 g/mol. The predicted octanol–water partition coefficient (Wildman–Crippen LogP) is 0.578. The van der Waals surface area contributed by atoms with Gasteiger partial charge in [0.15, 0.2) is 7.28 Å². The van der Waals surface area contributed by atoms with Gasteiger partial charge in [-0.15, -0.1) is 0 Å². The van der Waals surface area contributed by atoms with Gasteiger partial charge < -0.3 is 11.0 Å². The first-order valence-corrected chi connectivity index (χ1v) is 5.94.